The summed E-state index contributed by atoms with van der Waals surface area (Å²) in [6.07, 6.45) is 8.79. The Labute approximate surface area is 328 Å². The molecule has 0 saturated carbocycles. The van der Waals surface area contributed by atoms with Crippen LogP contribution < -0.4 is 0 Å². The maximum atomic E-state index is 6.62. The van der Waals surface area contributed by atoms with Crippen LogP contribution in [0.5, 0.6) is 0 Å². The van der Waals surface area contributed by atoms with Crippen LogP contribution in [0.15, 0.2) is 186 Å². The van der Waals surface area contributed by atoms with E-state index in [1.165, 1.54) is 49.4 Å². The van der Waals surface area contributed by atoms with E-state index in [0.29, 0.717) is 11.4 Å². The smallest absolute Gasteiger partial charge is 0.180 e. The summed E-state index contributed by atoms with van der Waals surface area (Å²) < 4.78 is 11.5. The second-order valence-corrected chi connectivity index (χ2v) is 14.8. The van der Waals surface area contributed by atoms with E-state index in [2.05, 4.69) is 155 Å². The molecule has 12 rings (SSSR count). The fraction of sp³-hybridized carbons (Fsp3) is 0.0385. The van der Waals surface area contributed by atoms with Crippen molar-refractivity contribution in [1.29, 1.82) is 0 Å². The summed E-state index contributed by atoms with van der Waals surface area (Å²) in [5.74, 6) is 0.670. The van der Waals surface area contributed by atoms with Crippen LogP contribution in [0.25, 0.3) is 111 Å². The summed E-state index contributed by atoms with van der Waals surface area (Å²) >= 11 is 0. The number of furan rings is 1. The van der Waals surface area contributed by atoms with Crippen molar-refractivity contribution in [3.8, 4) is 39.5 Å². The molecule has 0 saturated heterocycles. The van der Waals surface area contributed by atoms with Crippen LogP contribution in [0.1, 0.15) is 12.8 Å². The number of allylic oxidation sites excluding steroid dienone is 4. The normalized spacial score (nSPS) is 13.2. The SMILES string of the molecule is C1=CCCC(n2c3ccccc3c3cc(-c4cccc5c4c4ccccc4n5-c4ccc5oc6c(-c7ccccc7)nc(-c7ccccc7)nc6c5c4)ccc32)=C1. The van der Waals surface area contributed by atoms with Gasteiger partial charge in [-0.05, 0) is 78.6 Å². The molecule has 1 aliphatic rings. The summed E-state index contributed by atoms with van der Waals surface area (Å²) in [5.41, 5.74) is 14.6. The number of fused-ring (bicyclic) bond motifs is 9. The van der Waals surface area contributed by atoms with Crippen LogP contribution in [0.2, 0.25) is 0 Å². The zero-order valence-corrected chi connectivity index (χ0v) is 30.9. The molecule has 7 aromatic carbocycles. The Balaban J connectivity index is 1.08. The highest BCUT2D eigenvalue weighted by Crippen LogP contribution is 2.43. The van der Waals surface area contributed by atoms with Crippen molar-refractivity contribution < 1.29 is 4.42 Å². The molecule has 5 nitrogen and oxygen atoms in total. The minimum absolute atomic E-state index is 0.670. The van der Waals surface area contributed by atoms with Crippen molar-refractivity contribution in [3.05, 3.63) is 182 Å². The molecule has 0 aliphatic heterocycles. The standard InChI is InChI=1S/C52H34N4O/c1-4-15-33(16-5-1)49-51-50(54-52(53-49)34-17-6-2-7-18-34)42-32-37(28-30-47(42)57-51)56-44-25-13-11-22-40(44)48-38(23-14-26-46(48)56)35-27-29-45-41(31-35)39-21-10-12-24-43(39)55(45)36-19-8-3-9-20-36/h1-8,10-19,21-32H,9,20H2. The number of para-hydroxylation sites is 2. The highest BCUT2D eigenvalue weighted by Gasteiger charge is 2.22. The Bertz CT molecular complexity index is 3460. The first-order chi connectivity index (χ1) is 28.3. The molecule has 1 aliphatic carbocycles. The van der Waals surface area contributed by atoms with Crippen molar-refractivity contribution in [2.24, 2.45) is 0 Å². The van der Waals surface area contributed by atoms with E-state index in [0.717, 1.165) is 62.9 Å². The first-order valence-corrected chi connectivity index (χ1v) is 19.6. The van der Waals surface area contributed by atoms with Gasteiger partial charge < -0.3 is 13.6 Å². The lowest BCUT2D eigenvalue weighted by Crippen LogP contribution is -1.98. The van der Waals surface area contributed by atoms with Crippen LogP contribution in [-0.2, 0) is 0 Å². The minimum Gasteiger partial charge on any atom is -0.452 e. The predicted molar refractivity (Wildman–Crippen MR) is 236 cm³/mol. The molecule has 0 amide bonds. The maximum absolute atomic E-state index is 6.62. The van der Waals surface area contributed by atoms with E-state index >= 15 is 0 Å². The van der Waals surface area contributed by atoms with Gasteiger partial charge in [0, 0.05) is 49.4 Å². The fourth-order valence-corrected chi connectivity index (χ4v) is 9.04. The quantitative estimate of drug-likeness (QED) is 0.177. The van der Waals surface area contributed by atoms with Gasteiger partial charge >= 0.3 is 0 Å². The monoisotopic (exact) mass is 730 g/mol. The van der Waals surface area contributed by atoms with Crippen LogP contribution in [0, 0.1) is 0 Å². The van der Waals surface area contributed by atoms with Gasteiger partial charge in [-0.3, -0.25) is 0 Å². The first-order valence-electron chi connectivity index (χ1n) is 19.6. The lowest BCUT2D eigenvalue weighted by molar-refractivity contribution is 0.667. The third-order valence-electron chi connectivity index (χ3n) is 11.6. The molecule has 0 spiro atoms. The number of benzene rings is 7. The second kappa shape index (κ2) is 12.5. The third kappa shape index (κ3) is 4.89. The van der Waals surface area contributed by atoms with E-state index in [9.17, 15) is 0 Å². The van der Waals surface area contributed by atoms with Crippen molar-refractivity contribution in [2.45, 2.75) is 12.8 Å². The molecule has 0 fully saturated rings. The fourth-order valence-electron chi connectivity index (χ4n) is 9.04. The summed E-state index contributed by atoms with van der Waals surface area (Å²) in [5, 5.41) is 5.93. The van der Waals surface area contributed by atoms with E-state index in [1.807, 2.05) is 36.4 Å². The van der Waals surface area contributed by atoms with Crippen LogP contribution in [0.4, 0.5) is 0 Å². The van der Waals surface area contributed by atoms with Crippen molar-refractivity contribution >= 4 is 71.4 Å². The van der Waals surface area contributed by atoms with Crippen LogP contribution in [0.3, 0.4) is 0 Å². The Morgan fingerprint density at radius 3 is 2.04 bits per heavy atom. The molecule has 4 aromatic heterocycles. The van der Waals surface area contributed by atoms with Gasteiger partial charge in [0.1, 0.15) is 16.8 Å². The van der Waals surface area contributed by atoms with E-state index in [-0.39, 0.29) is 0 Å². The van der Waals surface area contributed by atoms with Crippen molar-refractivity contribution in [3.63, 3.8) is 0 Å². The van der Waals surface area contributed by atoms with Crippen molar-refractivity contribution in [1.82, 2.24) is 19.1 Å². The van der Waals surface area contributed by atoms with Gasteiger partial charge in [-0.1, -0.05) is 127 Å². The molecule has 268 valence electrons. The summed E-state index contributed by atoms with van der Waals surface area (Å²) in [4.78, 5) is 10.2. The average molecular weight is 731 g/mol. The Morgan fingerprint density at radius 2 is 1.23 bits per heavy atom. The molecule has 4 heterocycles. The Hall–Kier alpha value is -7.50. The van der Waals surface area contributed by atoms with Crippen LogP contribution in [-0.4, -0.2) is 19.1 Å². The lowest BCUT2D eigenvalue weighted by atomic mass is 9.98. The van der Waals surface area contributed by atoms with E-state index < -0.39 is 0 Å². The molecule has 11 aromatic rings. The summed E-state index contributed by atoms with van der Waals surface area (Å²) in [6, 6.07) is 58.2. The molecular formula is C52H34N4O. The highest BCUT2D eigenvalue weighted by atomic mass is 16.3. The van der Waals surface area contributed by atoms with Gasteiger partial charge in [0.15, 0.2) is 11.4 Å². The number of nitrogens with zero attached hydrogens (tertiary/aromatic N) is 4. The number of hydrogen-bond donors (Lipinski definition) is 0. The molecule has 0 atom stereocenters. The number of rotatable bonds is 5. The van der Waals surface area contributed by atoms with E-state index in [1.54, 1.807) is 0 Å². The molecule has 0 unspecified atom stereocenters. The van der Waals surface area contributed by atoms with Gasteiger partial charge in [-0.25, -0.2) is 9.97 Å². The van der Waals surface area contributed by atoms with Crippen LogP contribution >= 0.6 is 0 Å². The Kier molecular flexibility index (Phi) is 6.99. The number of hydrogen-bond acceptors (Lipinski definition) is 3. The zero-order valence-electron chi connectivity index (χ0n) is 30.9. The first kappa shape index (κ1) is 31.8. The Morgan fingerprint density at radius 1 is 0.509 bits per heavy atom. The summed E-state index contributed by atoms with van der Waals surface area (Å²) in [6.45, 7) is 0. The predicted octanol–water partition coefficient (Wildman–Crippen LogP) is 13.8. The van der Waals surface area contributed by atoms with Gasteiger partial charge in [0.05, 0.1) is 22.1 Å². The highest BCUT2D eigenvalue weighted by molar-refractivity contribution is 6.18. The third-order valence-corrected chi connectivity index (χ3v) is 11.6. The van der Waals surface area contributed by atoms with Gasteiger partial charge in [-0.2, -0.15) is 0 Å². The number of aromatic nitrogens is 4. The molecule has 5 heteroatoms. The van der Waals surface area contributed by atoms with Crippen molar-refractivity contribution in [2.75, 3.05) is 0 Å². The second-order valence-electron chi connectivity index (χ2n) is 14.8. The van der Waals surface area contributed by atoms with Gasteiger partial charge in [0.25, 0.3) is 0 Å². The molecule has 57 heavy (non-hydrogen) atoms. The minimum atomic E-state index is 0.670. The zero-order chi connectivity index (χ0) is 37.5. The molecule has 0 radical (unpaired) electrons. The topological polar surface area (TPSA) is 48.8 Å². The lowest BCUT2D eigenvalue weighted by Gasteiger charge is -2.14. The molecular weight excluding hydrogens is 697 g/mol. The van der Waals surface area contributed by atoms with Gasteiger partial charge in [0.2, 0.25) is 0 Å². The maximum Gasteiger partial charge on any atom is 0.180 e. The molecule has 0 N–H and O–H groups in total. The van der Waals surface area contributed by atoms with Gasteiger partial charge in [-0.15, -0.1) is 0 Å². The van der Waals surface area contributed by atoms with E-state index in [4.69, 9.17) is 14.4 Å². The largest absolute Gasteiger partial charge is 0.452 e. The average Bonchev–Trinajstić information content (AvgIpc) is 3.94. The summed E-state index contributed by atoms with van der Waals surface area (Å²) in [7, 11) is 0. The molecule has 0 bridgehead atoms.